The Labute approximate surface area is 126 Å². The number of rotatable bonds is 4. The van der Waals surface area contributed by atoms with Crippen molar-refractivity contribution in [3.8, 4) is 11.5 Å². The van der Waals surface area contributed by atoms with E-state index in [-0.39, 0.29) is 10.6 Å². The molecule has 2 aromatic rings. The van der Waals surface area contributed by atoms with Crippen LogP contribution in [0.25, 0.3) is 0 Å². The molecule has 0 N–H and O–H groups in total. The number of nitro groups is 1. The van der Waals surface area contributed by atoms with Crippen LogP contribution in [-0.2, 0) is 9.84 Å². The fourth-order valence-electron chi connectivity index (χ4n) is 1.61. The highest BCUT2D eigenvalue weighted by Gasteiger charge is 2.20. The van der Waals surface area contributed by atoms with Crippen molar-refractivity contribution in [2.75, 3.05) is 6.26 Å². The Bertz CT molecular complexity index is 804. The molecule has 0 radical (unpaired) electrons. The summed E-state index contributed by atoms with van der Waals surface area (Å²) in [4.78, 5) is 10.2. The number of sulfone groups is 1. The molecule has 6 nitrogen and oxygen atoms in total. The van der Waals surface area contributed by atoms with E-state index in [1.165, 1.54) is 18.2 Å². The molecule has 0 fully saturated rings. The minimum Gasteiger partial charge on any atom is -0.450 e. The van der Waals surface area contributed by atoms with Crippen LogP contribution in [0.5, 0.6) is 11.5 Å². The van der Waals surface area contributed by atoms with Gasteiger partial charge in [0.15, 0.2) is 9.84 Å². The summed E-state index contributed by atoms with van der Waals surface area (Å²) in [6, 6.07) is 9.81. The van der Waals surface area contributed by atoms with Gasteiger partial charge >= 0.3 is 5.69 Å². The van der Waals surface area contributed by atoms with Crippen LogP contribution in [0, 0.1) is 10.1 Å². The maximum Gasteiger partial charge on any atom is 0.312 e. The highest BCUT2D eigenvalue weighted by atomic mass is 35.5. The molecule has 0 spiro atoms. The van der Waals surface area contributed by atoms with Crippen molar-refractivity contribution in [3.05, 3.63) is 57.6 Å². The topological polar surface area (TPSA) is 86.5 Å². The Morgan fingerprint density at radius 3 is 2.48 bits per heavy atom. The van der Waals surface area contributed by atoms with Crippen LogP contribution in [0.1, 0.15) is 0 Å². The van der Waals surface area contributed by atoms with Gasteiger partial charge in [-0.05, 0) is 30.3 Å². The fraction of sp³-hybridized carbons (Fsp3) is 0.0769. The summed E-state index contributed by atoms with van der Waals surface area (Å²) in [5.41, 5.74) is -0.432. The molecule has 0 aliphatic carbocycles. The highest BCUT2D eigenvalue weighted by molar-refractivity contribution is 7.90. The van der Waals surface area contributed by atoms with E-state index in [0.717, 1.165) is 12.3 Å². The Hall–Kier alpha value is -2.12. The smallest absolute Gasteiger partial charge is 0.312 e. The normalized spacial score (nSPS) is 11.1. The molecule has 0 unspecified atom stereocenters. The molecule has 0 aliphatic rings. The summed E-state index contributed by atoms with van der Waals surface area (Å²) in [6.07, 6.45) is 0.976. The quantitative estimate of drug-likeness (QED) is 0.634. The van der Waals surface area contributed by atoms with Gasteiger partial charge in [-0.25, -0.2) is 8.42 Å². The van der Waals surface area contributed by atoms with Gasteiger partial charge in [0.25, 0.3) is 0 Å². The first-order valence-corrected chi connectivity index (χ1v) is 7.96. The van der Waals surface area contributed by atoms with Gasteiger partial charge in [0, 0.05) is 17.3 Å². The summed E-state index contributed by atoms with van der Waals surface area (Å²) in [5, 5.41) is 11.5. The van der Waals surface area contributed by atoms with Crippen molar-refractivity contribution in [2.24, 2.45) is 0 Å². The van der Waals surface area contributed by atoms with Gasteiger partial charge in [-0.1, -0.05) is 17.7 Å². The molecule has 2 aromatic carbocycles. The second kappa shape index (κ2) is 5.71. The highest BCUT2D eigenvalue weighted by Crippen LogP contribution is 2.34. The van der Waals surface area contributed by atoms with Gasteiger partial charge in [0.2, 0.25) is 5.75 Å². The molecule has 0 saturated heterocycles. The lowest BCUT2D eigenvalue weighted by molar-refractivity contribution is -0.385. The molecule has 8 heteroatoms. The Morgan fingerprint density at radius 2 is 1.90 bits per heavy atom. The monoisotopic (exact) mass is 327 g/mol. The van der Waals surface area contributed by atoms with Crippen LogP contribution >= 0.6 is 11.6 Å². The minimum atomic E-state index is -3.54. The zero-order valence-corrected chi connectivity index (χ0v) is 12.4. The molecular formula is C13H10ClNO5S. The second-order valence-electron chi connectivity index (χ2n) is 4.22. The first-order valence-electron chi connectivity index (χ1n) is 5.69. The molecular weight excluding hydrogens is 318 g/mol. The zero-order chi connectivity index (χ0) is 15.6. The number of nitrogens with zero attached hydrogens (tertiary/aromatic N) is 1. The zero-order valence-electron chi connectivity index (χ0n) is 10.8. The SMILES string of the molecule is CS(=O)(=O)c1ccc(Oc2cccc(Cl)c2)c([N+](=O)[O-])c1. The fourth-order valence-corrected chi connectivity index (χ4v) is 2.44. The number of nitro benzene ring substituents is 1. The van der Waals surface area contributed by atoms with Gasteiger partial charge in [-0.2, -0.15) is 0 Å². The summed E-state index contributed by atoms with van der Waals surface area (Å²) < 4.78 is 28.3. The molecule has 110 valence electrons. The largest absolute Gasteiger partial charge is 0.450 e. The maximum absolute atomic E-state index is 11.4. The molecule has 0 atom stereocenters. The van der Waals surface area contributed by atoms with E-state index in [9.17, 15) is 18.5 Å². The molecule has 0 aliphatic heterocycles. The maximum atomic E-state index is 11.4. The van der Waals surface area contributed by atoms with Crippen molar-refractivity contribution < 1.29 is 18.1 Å². The Morgan fingerprint density at radius 1 is 1.19 bits per heavy atom. The third-order valence-electron chi connectivity index (χ3n) is 2.58. The van der Waals surface area contributed by atoms with Gasteiger partial charge in [0.05, 0.1) is 9.82 Å². The first-order chi connectivity index (χ1) is 9.77. The van der Waals surface area contributed by atoms with Crippen LogP contribution in [0.4, 0.5) is 5.69 Å². The third-order valence-corrected chi connectivity index (χ3v) is 3.92. The van der Waals surface area contributed by atoms with Crippen molar-refractivity contribution in [1.29, 1.82) is 0 Å². The number of hydrogen-bond donors (Lipinski definition) is 0. The summed E-state index contributed by atoms with van der Waals surface area (Å²) in [6.45, 7) is 0. The molecule has 0 heterocycles. The van der Waals surface area contributed by atoms with Crippen molar-refractivity contribution in [2.45, 2.75) is 4.90 Å². The van der Waals surface area contributed by atoms with Crippen LogP contribution in [0.15, 0.2) is 47.4 Å². The van der Waals surface area contributed by atoms with Gasteiger partial charge < -0.3 is 4.74 Å². The van der Waals surface area contributed by atoms with Gasteiger partial charge in [-0.3, -0.25) is 10.1 Å². The summed E-state index contributed by atoms with van der Waals surface area (Å²) in [7, 11) is -3.54. The van der Waals surface area contributed by atoms with Crippen LogP contribution in [0.2, 0.25) is 5.02 Å². The van der Waals surface area contributed by atoms with E-state index in [2.05, 4.69) is 0 Å². The average molecular weight is 328 g/mol. The molecule has 0 bridgehead atoms. The predicted molar refractivity (Wildman–Crippen MR) is 77.7 cm³/mol. The average Bonchev–Trinajstić information content (AvgIpc) is 2.37. The number of hydrogen-bond acceptors (Lipinski definition) is 5. The lowest BCUT2D eigenvalue weighted by Crippen LogP contribution is -2.00. The predicted octanol–water partition coefficient (Wildman–Crippen LogP) is 3.44. The first kappa shape index (κ1) is 15.3. The van der Waals surface area contributed by atoms with Crippen LogP contribution in [-0.4, -0.2) is 19.6 Å². The Kier molecular flexibility index (Phi) is 4.15. The molecule has 2 rings (SSSR count). The number of halogens is 1. The van der Waals surface area contributed by atoms with Crippen molar-refractivity contribution in [1.82, 2.24) is 0 Å². The van der Waals surface area contributed by atoms with E-state index in [4.69, 9.17) is 16.3 Å². The third kappa shape index (κ3) is 3.71. The molecule has 0 amide bonds. The summed E-state index contributed by atoms with van der Waals surface area (Å²) >= 11 is 5.81. The van der Waals surface area contributed by atoms with Crippen LogP contribution < -0.4 is 4.74 Å². The number of ether oxygens (including phenoxy) is 1. The van der Waals surface area contributed by atoms with Crippen molar-refractivity contribution >= 4 is 27.1 Å². The lowest BCUT2D eigenvalue weighted by atomic mass is 10.3. The summed E-state index contributed by atoms with van der Waals surface area (Å²) in [5.74, 6) is 0.257. The molecule has 0 aromatic heterocycles. The minimum absolute atomic E-state index is 0.0605. The van der Waals surface area contributed by atoms with Crippen LogP contribution in [0.3, 0.4) is 0 Å². The van der Waals surface area contributed by atoms with E-state index in [1.54, 1.807) is 18.2 Å². The number of benzene rings is 2. The van der Waals surface area contributed by atoms with E-state index in [0.29, 0.717) is 10.8 Å². The van der Waals surface area contributed by atoms with Gasteiger partial charge in [-0.15, -0.1) is 0 Å². The Balaban J connectivity index is 2.47. The van der Waals surface area contributed by atoms with E-state index in [1.807, 2.05) is 0 Å². The van der Waals surface area contributed by atoms with Crippen molar-refractivity contribution in [3.63, 3.8) is 0 Å². The standard InChI is InChI=1S/C13H10ClNO5S/c1-21(18,19)11-5-6-13(12(8-11)15(16)17)20-10-4-2-3-9(14)7-10/h2-8H,1H3. The van der Waals surface area contributed by atoms with E-state index >= 15 is 0 Å². The van der Waals surface area contributed by atoms with Gasteiger partial charge in [0.1, 0.15) is 5.75 Å². The second-order valence-corrected chi connectivity index (χ2v) is 6.67. The lowest BCUT2D eigenvalue weighted by Gasteiger charge is -2.07. The van der Waals surface area contributed by atoms with E-state index < -0.39 is 20.4 Å². The molecule has 21 heavy (non-hydrogen) atoms. The molecule has 0 saturated carbocycles.